The molecule has 0 aliphatic rings. The van der Waals surface area contributed by atoms with Gasteiger partial charge in [0.1, 0.15) is 0 Å². The molecule has 1 aromatic heterocycles. The summed E-state index contributed by atoms with van der Waals surface area (Å²) >= 11 is 0. The van der Waals surface area contributed by atoms with Crippen LogP contribution in [0.15, 0.2) is 41.3 Å². The number of anilines is 1. The number of hydrogen-bond donors (Lipinski definition) is 1. The highest BCUT2D eigenvalue weighted by Gasteiger charge is 1.97. The molecule has 0 aliphatic heterocycles. The summed E-state index contributed by atoms with van der Waals surface area (Å²) in [6, 6.07) is 9.78. The van der Waals surface area contributed by atoms with Crippen LogP contribution in [-0.4, -0.2) is 23.9 Å². The Hall–Kier alpha value is -1.97. The molecule has 0 spiro atoms. The van der Waals surface area contributed by atoms with Gasteiger partial charge in [-0.1, -0.05) is 12.1 Å². The van der Waals surface area contributed by atoms with Gasteiger partial charge in [-0.05, 0) is 17.7 Å². The molecule has 1 aromatic carbocycles. The summed E-state index contributed by atoms with van der Waals surface area (Å²) in [6.45, 7) is 0.690. The van der Waals surface area contributed by atoms with E-state index in [9.17, 15) is 4.79 Å². The molecular weight excluding hydrogens is 202 g/mol. The Morgan fingerprint density at radius 2 is 1.88 bits per heavy atom. The summed E-state index contributed by atoms with van der Waals surface area (Å²) in [5.74, 6) is 0. The molecular formula is C12H15N3O. The predicted octanol–water partition coefficient (Wildman–Crippen LogP) is 1.29. The lowest BCUT2D eigenvalue weighted by Gasteiger charge is -2.12. The van der Waals surface area contributed by atoms with Crippen LogP contribution in [0.1, 0.15) is 5.56 Å². The molecule has 4 nitrogen and oxygen atoms in total. The maximum Gasteiger partial charge on any atom is 0.264 e. The molecule has 1 N–H and O–H groups in total. The van der Waals surface area contributed by atoms with Crippen LogP contribution in [0.3, 0.4) is 0 Å². The monoisotopic (exact) mass is 217 g/mol. The second-order valence-corrected chi connectivity index (χ2v) is 3.98. The molecule has 0 atom stereocenters. The van der Waals surface area contributed by atoms with Crippen molar-refractivity contribution in [3.8, 4) is 0 Å². The van der Waals surface area contributed by atoms with Crippen molar-refractivity contribution in [2.45, 2.75) is 6.54 Å². The lowest BCUT2D eigenvalue weighted by atomic mass is 10.2. The zero-order valence-corrected chi connectivity index (χ0v) is 9.47. The SMILES string of the molecule is CN(C)c1ccc(Cn2ccc(=O)[nH]2)cc1. The molecule has 84 valence electrons. The van der Waals surface area contributed by atoms with Crippen LogP contribution in [-0.2, 0) is 6.54 Å². The average Bonchev–Trinajstić information content (AvgIpc) is 2.65. The van der Waals surface area contributed by atoms with Crippen molar-refractivity contribution in [2.75, 3.05) is 19.0 Å². The van der Waals surface area contributed by atoms with Gasteiger partial charge in [-0.3, -0.25) is 14.6 Å². The van der Waals surface area contributed by atoms with Crippen LogP contribution in [0.25, 0.3) is 0 Å². The first-order valence-corrected chi connectivity index (χ1v) is 5.17. The Labute approximate surface area is 94.1 Å². The minimum absolute atomic E-state index is 0.0649. The largest absolute Gasteiger partial charge is 0.378 e. The van der Waals surface area contributed by atoms with Crippen molar-refractivity contribution in [3.63, 3.8) is 0 Å². The fraction of sp³-hybridized carbons (Fsp3) is 0.250. The van der Waals surface area contributed by atoms with E-state index < -0.39 is 0 Å². The first kappa shape index (κ1) is 10.5. The summed E-state index contributed by atoms with van der Waals surface area (Å²) in [5.41, 5.74) is 2.27. The van der Waals surface area contributed by atoms with E-state index in [1.165, 1.54) is 11.8 Å². The van der Waals surface area contributed by atoms with Crippen LogP contribution in [0.5, 0.6) is 0 Å². The molecule has 16 heavy (non-hydrogen) atoms. The molecule has 0 bridgehead atoms. The van der Waals surface area contributed by atoms with Gasteiger partial charge in [0, 0.05) is 32.0 Å². The summed E-state index contributed by atoms with van der Waals surface area (Å²) in [6.07, 6.45) is 1.75. The number of benzene rings is 1. The third-order valence-electron chi connectivity index (χ3n) is 2.47. The Kier molecular flexibility index (Phi) is 2.81. The second-order valence-electron chi connectivity index (χ2n) is 3.98. The molecule has 0 fully saturated rings. The van der Waals surface area contributed by atoms with Crippen LogP contribution in [0.2, 0.25) is 0 Å². The number of hydrogen-bond acceptors (Lipinski definition) is 2. The van der Waals surface area contributed by atoms with E-state index in [1.807, 2.05) is 14.1 Å². The molecule has 0 saturated carbocycles. The molecule has 0 saturated heterocycles. The van der Waals surface area contributed by atoms with Crippen LogP contribution in [0.4, 0.5) is 5.69 Å². The smallest absolute Gasteiger partial charge is 0.264 e. The maximum absolute atomic E-state index is 10.9. The molecule has 0 aliphatic carbocycles. The van der Waals surface area contributed by atoms with Gasteiger partial charge in [-0.25, -0.2) is 0 Å². The molecule has 0 radical (unpaired) electrons. The maximum atomic E-state index is 10.9. The number of nitrogens with one attached hydrogen (secondary N) is 1. The van der Waals surface area contributed by atoms with Crippen molar-refractivity contribution in [2.24, 2.45) is 0 Å². The number of H-pyrrole nitrogens is 1. The number of aromatic nitrogens is 2. The van der Waals surface area contributed by atoms with E-state index in [1.54, 1.807) is 10.9 Å². The van der Waals surface area contributed by atoms with E-state index in [2.05, 4.69) is 34.3 Å². The van der Waals surface area contributed by atoms with Gasteiger partial charge >= 0.3 is 0 Å². The van der Waals surface area contributed by atoms with E-state index in [4.69, 9.17) is 0 Å². The van der Waals surface area contributed by atoms with E-state index >= 15 is 0 Å². The zero-order valence-electron chi connectivity index (χ0n) is 9.47. The predicted molar refractivity (Wildman–Crippen MR) is 64.9 cm³/mol. The van der Waals surface area contributed by atoms with Gasteiger partial charge in [0.2, 0.25) is 0 Å². The number of aromatic amines is 1. The first-order chi connectivity index (χ1) is 7.65. The number of nitrogens with zero attached hydrogens (tertiary/aromatic N) is 2. The lowest BCUT2D eigenvalue weighted by molar-refractivity contribution is 0.679. The fourth-order valence-electron chi connectivity index (χ4n) is 1.56. The van der Waals surface area contributed by atoms with Crippen molar-refractivity contribution in [1.29, 1.82) is 0 Å². The Morgan fingerprint density at radius 3 is 2.38 bits per heavy atom. The fourth-order valence-corrected chi connectivity index (χ4v) is 1.56. The number of rotatable bonds is 3. The molecule has 1 heterocycles. The summed E-state index contributed by atoms with van der Waals surface area (Å²) in [4.78, 5) is 13.0. The van der Waals surface area contributed by atoms with Crippen molar-refractivity contribution in [1.82, 2.24) is 9.78 Å². The highest BCUT2D eigenvalue weighted by molar-refractivity contribution is 5.45. The quantitative estimate of drug-likeness (QED) is 0.841. The third kappa shape index (κ3) is 2.34. The Morgan fingerprint density at radius 1 is 1.19 bits per heavy atom. The summed E-state index contributed by atoms with van der Waals surface area (Å²) in [5, 5.41) is 2.71. The van der Waals surface area contributed by atoms with Crippen molar-refractivity contribution >= 4 is 5.69 Å². The topological polar surface area (TPSA) is 41.0 Å². The van der Waals surface area contributed by atoms with E-state index in [0.717, 1.165) is 5.56 Å². The van der Waals surface area contributed by atoms with Crippen LogP contribution >= 0.6 is 0 Å². The van der Waals surface area contributed by atoms with Gasteiger partial charge in [0.15, 0.2) is 0 Å². The average molecular weight is 217 g/mol. The Bertz CT molecular complexity index is 508. The third-order valence-corrected chi connectivity index (χ3v) is 2.47. The highest BCUT2D eigenvalue weighted by Crippen LogP contribution is 2.12. The van der Waals surface area contributed by atoms with Crippen LogP contribution in [0, 0.1) is 0 Å². The molecule has 0 unspecified atom stereocenters. The van der Waals surface area contributed by atoms with Crippen LogP contribution < -0.4 is 10.5 Å². The summed E-state index contributed by atoms with van der Waals surface area (Å²) in [7, 11) is 4.02. The van der Waals surface area contributed by atoms with E-state index in [0.29, 0.717) is 6.54 Å². The molecule has 0 amide bonds. The molecule has 2 rings (SSSR count). The lowest BCUT2D eigenvalue weighted by Crippen LogP contribution is -2.09. The molecule has 2 aromatic rings. The standard InChI is InChI=1S/C12H15N3O/c1-14(2)11-5-3-10(4-6-11)9-15-8-7-12(16)13-15/h3-8H,9H2,1-2H3,(H,13,16). The summed E-state index contributed by atoms with van der Waals surface area (Å²) < 4.78 is 1.77. The zero-order chi connectivity index (χ0) is 11.5. The van der Waals surface area contributed by atoms with E-state index in [-0.39, 0.29) is 5.56 Å². The van der Waals surface area contributed by atoms with Crippen molar-refractivity contribution in [3.05, 3.63) is 52.4 Å². The normalized spacial score (nSPS) is 10.4. The van der Waals surface area contributed by atoms with Gasteiger partial charge < -0.3 is 4.90 Å². The second kappa shape index (κ2) is 4.26. The Balaban J connectivity index is 2.14. The minimum atomic E-state index is -0.0649. The first-order valence-electron chi connectivity index (χ1n) is 5.17. The van der Waals surface area contributed by atoms with Gasteiger partial charge in [0.25, 0.3) is 5.56 Å². The highest BCUT2D eigenvalue weighted by atomic mass is 16.1. The minimum Gasteiger partial charge on any atom is -0.378 e. The van der Waals surface area contributed by atoms with Gasteiger partial charge in [-0.15, -0.1) is 0 Å². The van der Waals surface area contributed by atoms with Crippen molar-refractivity contribution < 1.29 is 0 Å². The van der Waals surface area contributed by atoms with Gasteiger partial charge in [0.05, 0.1) is 6.54 Å². The van der Waals surface area contributed by atoms with Gasteiger partial charge in [-0.2, -0.15) is 0 Å². The molecule has 4 heteroatoms.